The van der Waals surface area contributed by atoms with E-state index in [0.29, 0.717) is 29.6 Å². The number of nitrogens with zero attached hydrogens (tertiary/aromatic N) is 5. The van der Waals surface area contributed by atoms with Gasteiger partial charge in [-0.05, 0) is 43.5 Å². The first kappa shape index (κ1) is 24.2. The Labute approximate surface area is 221 Å². The van der Waals surface area contributed by atoms with Gasteiger partial charge in [0, 0.05) is 38.3 Å². The molecule has 1 aliphatic carbocycles. The average molecular weight is 519 g/mol. The third-order valence-corrected chi connectivity index (χ3v) is 7.36. The number of piperazine rings is 1. The number of halogens is 1. The van der Waals surface area contributed by atoms with Crippen LogP contribution in [0.25, 0.3) is 22.6 Å². The maximum Gasteiger partial charge on any atom is 0.245 e. The van der Waals surface area contributed by atoms with Crippen molar-refractivity contribution in [1.29, 1.82) is 0 Å². The van der Waals surface area contributed by atoms with Crippen LogP contribution in [0.1, 0.15) is 25.3 Å². The Kier molecular flexibility index (Phi) is 6.71. The molecule has 8 nitrogen and oxygen atoms in total. The molecule has 3 heterocycles. The van der Waals surface area contributed by atoms with Crippen LogP contribution in [0.5, 0.6) is 11.6 Å². The molecule has 2 aliphatic rings. The highest BCUT2D eigenvalue weighted by Crippen LogP contribution is 2.41. The van der Waals surface area contributed by atoms with Gasteiger partial charge in [-0.1, -0.05) is 41.9 Å². The monoisotopic (exact) mass is 518 g/mol. The first-order chi connectivity index (χ1) is 18.1. The lowest BCUT2D eigenvalue weighted by Crippen LogP contribution is -2.44. The number of rotatable bonds is 9. The number of nitrogens with one attached hydrogen (secondary N) is 1. The van der Waals surface area contributed by atoms with Gasteiger partial charge in [-0.15, -0.1) is 0 Å². The van der Waals surface area contributed by atoms with Gasteiger partial charge in [0.2, 0.25) is 5.88 Å². The molecular weight excluding hydrogens is 488 g/mol. The quantitative estimate of drug-likeness (QED) is 0.351. The Hall–Kier alpha value is -3.20. The van der Waals surface area contributed by atoms with Crippen LogP contribution in [0.4, 0.5) is 0 Å². The number of hydrogen-bond donors (Lipinski definition) is 1. The number of fused-ring (bicyclic) bond motifs is 1. The van der Waals surface area contributed by atoms with Crippen molar-refractivity contribution in [2.24, 2.45) is 0 Å². The lowest BCUT2D eigenvalue weighted by Gasteiger charge is -2.26. The zero-order chi connectivity index (χ0) is 25.2. The molecule has 0 bridgehead atoms. The molecule has 6 rings (SSSR count). The van der Waals surface area contributed by atoms with Gasteiger partial charge in [0.15, 0.2) is 11.2 Å². The number of benzene rings is 2. The van der Waals surface area contributed by atoms with Gasteiger partial charge >= 0.3 is 0 Å². The summed E-state index contributed by atoms with van der Waals surface area (Å²) in [6.07, 6.45) is 3.57. The van der Waals surface area contributed by atoms with E-state index in [0.717, 1.165) is 73.9 Å². The second-order valence-electron chi connectivity index (χ2n) is 9.99. The first-order valence-corrected chi connectivity index (χ1v) is 13.3. The molecule has 1 saturated carbocycles. The van der Waals surface area contributed by atoms with Crippen molar-refractivity contribution in [2.75, 3.05) is 39.3 Å². The van der Waals surface area contributed by atoms with Crippen molar-refractivity contribution in [3.05, 3.63) is 65.4 Å². The summed E-state index contributed by atoms with van der Waals surface area (Å²) in [5.41, 5.74) is 3.15. The van der Waals surface area contributed by atoms with E-state index < -0.39 is 0 Å². The van der Waals surface area contributed by atoms with Crippen LogP contribution in [0, 0.1) is 0 Å². The maximum atomic E-state index is 6.83. The fourth-order valence-corrected chi connectivity index (χ4v) is 4.87. The smallest absolute Gasteiger partial charge is 0.245 e. The number of imidazole rings is 1. The highest BCUT2D eigenvalue weighted by atomic mass is 35.5. The number of aromatic nitrogens is 4. The van der Waals surface area contributed by atoms with Crippen LogP contribution in [0.15, 0.2) is 54.9 Å². The van der Waals surface area contributed by atoms with E-state index in [9.17, 15) is 0 Å². The molecule has 0 radical (unpaired) electrons. The molecule has 2 aromatic carbocycles. The van der Waals surface area contributed by atoms with Gasteiger partial charge in [0.25, 0.3) is 0 Å². The molecule has 0 amide bonds. The fraction of sp³-hybridized carbons (Fsp3) is 0.393. The summed E-state index contributed by atoms with van der Waals surface area (Å²) < 4.78 is 14.4. The molecule has 1 saturated heterocycles. The maximum absolute atomic E-state index is 6.83. The number of hydrogen-bond acceptors (Lipinski definition) is 7. The average Bonchev–Trinajstić information content (AvgIpc) is 3.53. The predicted octanol–water partition coefficient (Wildman–Crippen LogP) is 4.41. The minimum Gasteiger partial charge on any atom is -0.492 e. The van der Waals surface area contributed by atoms with E-state index >= 15 is 0 Å². The van der Waals surface area contributed by atoms with E-state index in [1.807, 2.05) is 36.4 Å². The minimum absolute atomic E-state index is 0.175. The topological polar surface area (TPSA) is 77.3 Å². The van der Waals surface area contributed by atoms with E-state index in [4.69, 9.17) is 26.1 Å². The summed E-state index contributed by atoms with van der Waals surface area (Å²) in [4.78, 5) is 16.4. The van der Waals surface area contributed by atoms with Crippen molar-refractivity contribution in [3.63, 3.8) is 0 Å². The molecule has 192 valence electrons. The van der Waals surface area contributed by atoms with Crippen LogP contribution in [0.3, 0.4) is 0 Å². The molecule has 0 unspecified atom stereocenters. The summed E-state index contributed by atoms with van der Waals surface area (Å²) in [5.74, 6) is 1.99. The third kappa shape index (κ3) is 5.42. The summed E-state index contributed by atoms with van der Waals surface area (Å²) >= 11 is 6.83. The molecule has 0 atom stereocenters. The molecule has 4 aromatic rings. The second kappa shape index (κ2) is 10.3. The third-order valence-electron chi connectivity index (χ3n) is 7.05. The van der Waals surface area contributed by atoms with Crippen molar-refractivity contribution >= 4 is 22.8 Å². The Morgan fingerprint density at radius 1 is 1.05 bits per heavy atom. The standard InChI is InChI=1S/C28H31ClN6O2/c1-28(9-10-28)37-27-24-26(31-19-32-27)35(18-20-5-3-2-4-6-20)25(33-24)22-8-7-21(17-23(22)29)36-16-15-34-13-11-30-12-14-34/h2-8,17,19,30H,9-16,18H2,1H3. The predicted molar refractivity (Wildman–Crippen MR) is 144 cm³/mol. The van der Waals surface area contributed by atoms with Crippen LogP contribution >= 0.6 is 11.6 Å². The van der Waals surface area contributed by atoms with Crippen molar-refractivity contribution < 1.29 is 9.47 Å². The molecule has 2 aromatic heterocycles. The molecule has 9 heteroatoms. The normalized spacial score (nSPS) is 17.1. The molecule has 37 heavy (non-hydrogen) atoms. The number of ether oxygens (including phenoxy) is 2. The van der Waals surface area contributed by atoms with Gasteiger partial charge in [0.05, 0.1) is 11.6 Å². The first-order valence-electron chi connectivity index (χ1n) is 12.9. The van der Waals surface area contributed by atoms with Gasteiger partial charge in [-0.3, -0.25) is 4.90 Å². The highest BCUT2D eigenvalue weighted by Gasteiger charge is 2.41. The van der Waals surface area contributed by atoms with Gasteiger partial charge in [0.1, 0.15) is 30.1 Å². The van der Waals surface area contributed by atoms with E-state index in [2.05, 4.69) is 43.8 Å². The van der Waals surface area contributed by atoms with Crippen molar-refractivity contribution in [2.45, 2.75) is 31.9 Å². The van der Waals surface area contributed by atoms with Crippen molar-refractivity contribution in [3.8, 4) is 23.0 Å². The lowest BCUT2D eigenvalue weighted by atomic mass is 10.2. The van der Waals surface area contributed by atoms with Crippen LogP contribution < -0.4 is 14.8 Å². The fourth-order valence-electron chi connectivity index (χ4n) is 4.62. The largest absolute Gasteiger partial charge is 0.492 e. The van der Waals surface area contributed by atoms with E-state index in [1.165, 1.54) is 0 Å². The summed E-state index contributed by atoms with van der Waals surface area (Å²) in [6.45, 7) is 8.37. The molecule has 0 spiro atoms. The molecule has 1 N–H and O–H groups in total. The van der Waals surface area contributed by atoms with Crippen LogP contribution in [0.2, 0.25) is 5.02 Å². The van der Waals surface area contributed by atoms with Crippen LogP contribution in [-0.4, -0.2) is 69.4 Å². The second-order valence-corrected chi connectivity index (χ2v) is 10.4. The highest BCUT2D eigenvalue weighted by molar-refractivity contribution is 6.33. The van der Waals surface area contributed by atoms with Gasteiger partial charge in [-0.25, -0.2) is 9.97 Å². The van der Waals surface area contributed by atoms with Gasteiger partial charge < -0.3 is 19.4 Å². The summed E-state index contributed by atoms with van der Waals surface area (Å²) in [6, 6.07) is 16.1. The Balaban J connectivity index is 1.31. The molecular formula is C28H31ClN6O2. The van der Waals surface area contributed by atoms with E-state index in [-0.39, 0.29) is 5.60 Å². The lowest BCUT2D eigenvalue weighted by molar-refractivity contribution is 0.191. The Bertz CT molecular complexity index is 1380. The minimum atomic E-state index is -0.175. The zero-order valence-electron chi connectivity index (χ0n) is 21.0. The van der Waals surface area contributed by atoms with Gasteiger partial charge in [-0.2, -0.15) is 4.98 Å². The SMILES string of the molecule is CC1(Oc2ncnc3c2nc(-c2ccc(OCCN4CCNCC4)cc2Cl)n3Cc2ccccc2)CC1. The summed E-state index contributed by atoms with van der Waals surface area (Å²) in [7, 11) is 0. The van der Waals surface area contributed by atoms with Crippen molar-refractivity contribution in [1.82, 2.24) is 29.7 Å². The molecule has 1 aliphatic heterocycles. The summed E-state index contributed by atoms with van der Waals surface area (Å²) in [5, 5.41) is 3.95. The zero-order valence-corrected chi connectivity index (χ0v) is 21.7. The Morgan fingerprint density at radius 2 is 1.86 bits per heavy atom. The Morgan fingerprint density at radius 3 is 2.62 bits per heavy atom. The van der Waals surface area contributed by atoms with E-state index in [1.54, 1.807) is 6.33 Å². The molecule has 2 fully saturated rings. The van der Waals surface area contributed by atoms with Crippen LogP contribution in [-0.2, 0) is 6.54 Å².